The molecule has 32 heavy (non-hydrogen) atoms. The molecule has 0 unspecified atom stereocenters. The fourth-order valence-electron chi connectivity index (χ4n) is 3.05. The van der Waals surface area contributed by atoms with Crippen molar-refractivity contribution in [2.24, 2.45) is 5.92 Å². The molecule has 0 spiro atoms. The number of nitrogens with zero attached hydrogens (tertiary/aromatic N) is 4. The van der Waals surface area contributed by atoms with Gasteiger partial charge in [0.05, 0.1) is 12.8 Å². The first kappa shape index (κ1) is 21.3. The summed E-state index contributed by atoms with van der Waals surface area (Å²) in [5.74, 6) is -0.982. The molecule has 0 saturated heterocycles. The van der Waals surface area contributed by atoms with Crippen molar-refractivity contribution in [3.05, 3.63) is 46.9 Å². The number of anilines is 3. The van der Waals surface area contributed by atoms with Crippen molar-refractivity contribution in [2.45, 2.75) is 25.6 Å². The van der Waals surface area contributed by atoms with E-state index in [0.717, 1.165) is 26.1 Å². The number of amides is 1. The van der Waals surface area contributed by atoms with E-state index in [0.29, 0.717) is 4.57 Å². The molecule has 3 aromatic rings. The third-order valence-electron chi connectivity index (χ3n) is 4.78. The predicted octanol–water partition coefficient (Wildman–Crippen LogP) is 2.33. The van der Waals surface area contributed by atoms with Gasteiger partial charge < -0.3 is 19.9 Å². The Labute approximate surface area is 178 Å². The van der Waals surface area contributed by atoms with Crippen LogP contribution in [0.25, 0.3) is 5.52 Å². The summed E-state index contributed by atoms with van der Waals surface area (Å²) in [4.78, 5) is 44.9. The summed E-state index contributed by atoms with van der Waals surface area (Å²) in [5, 5.41) is 5.41. The quantitative estimate of drug-likeness (QED) is 0.553. The van der Waals surface area contributed by atoms with Gasteiger partial charge in [0.2, 0.25) is 5.91 Å². The standard InChI is InChI=1S/C19H17F3N6O4/c1-32-18(31)11-7-23-13(26-16(29)10-2-3-10)6-12(11)25-15-14-17(30)27(8-19(20,21)22)4-5-28(14)9-24-15/h4-7,9-10H,2-3,8H2,1H3,(H2,23,25,26,29). The Hall–Kier alpha value is -3.90. The number of methoxy groups -OCH3 is 1. The molecule has 0 bridgehead atoms. The number of fused-ring (bicyclic) bond motifs is 1. The molecule has 1 aliphatic rings. The van der Waals surface area contributed by atoms with E-state index in [-0.39, 0.29) is 40.2 Å². The van der Waals surface area contributed by atoms with Gasteiger partial charge in [0.1, 0.15) is 24.3 Å². The number of carbonyl (C=O) groups excluding carboxylic acids is 2. The zero-order valence-corrected chi connectivity index (χ0v) is 16.6. The first-order chi connectivity index (χ1) is 15.2. The Morgan fingerprint density at radius 3 is 2.66 bits per heavy atom. The number of esters is 1. The lowest BCUT2D eigenvalue weighted by Gasteiger charge is -2.12. The van der Waals surface area contributed by atoms with E-state index in [1.807, 2.05) is 0 Å². The number of imidazole rings is 1. The van der Waals surface area contributed by atoms with Gasteiger partial charge in [-0.25, -0.2) is 14.8 Å². The third-order valence-corrected chi connectivity index (χ3v) is 4.78. The van der Waals surface area contributed by atoms with E-state index in [1.54, 1.807) is 0 Å². The van der Waals surface area contributed by atoms with Gasteiger partial charge in [0.15, 0.2) is 11.3 Å². The van der Waals surface area contributed by atoms with E-state index in [9.17, 15) is 27.6 Å². The summed E-state index contributed by atoms with van der Waals surface area (Å²) in [6, 6.07) is 1.36. The molecule has 3 aromatic heterocycles. The van der Waals surface area contributed by atoms with Crippen LogP contribution in [0.5, 0.6) is 0 Å². The molecule has 1 fully saturated rings. The lowest BCUT2D eigenvalue weighted by molar-refractivity contribution is -0.141. The van der Waals surface area contributed by atoms with Gasteiger partial charge in [0.25, 0.3) is 5.56 Å². The van der Waals surface area contributed by atoms with Crippen LogP contribution in [0, 0.1) is 5.92 Å². The van der Waals surface area contributed by atoms with Crippen molar-refractivity contribution >= 4 is 34.7 Å². The summed E-state index contributed by atoms with van der Waals surface area (Å²) in [5.41, 5.74) is -1.01. The molecular formula is C19H17F3N6O4. The van der Waals surface area contributed by atoms with Crippen molar-refractivity contribution in [2.75, 3.05) is 17.7 Å². The average molecular weight is 450 g/mol. The Kier molecular flexibility index (Phi) is 5.32. The highest BCUT2D eigenvalue weighted by molar-refractivity contribution is 5.99. The zero-order valence-electron chi connectivity index (χ0n) is 16.6. The summed E-state index contributed by atoms with van der Waals surface area (Å²) in [6.07, 6.45) is 1.65. The number of aromatic nitrogens is 4. The van der Waals surface area contributed by atoms with E-state index in [2.05, 4.69) is 20.6 Å². The zero-order chi connectivity index (χ0) is 23.0. The fourth-order valence-corrected chi connectivity index (χ4v) is 3.05. The molecule has 3 heterocycles. The average Bonchev–Trinajstić information content (AvgIpc) is 3.51. The number of alkyl halides is 3. The van der Waals surface area contributed by atoms with Gasteiger partial charge in [-0.1, -0.05) is 0 Å². The maximum Gasteiger partial charge on any atom is 0.406 e. The van der Waals surface area contributed by atoms with Gasteiger partial charge in [-0.15, -0.1) is 0 Å². The number of hydrogen-bond acceptors (Lipinski definition) is 7. The Bertz CT molecular complexity index is 1260. The number of pyridine rings is 1. The lowest BCUT2D eigenvalue weighted by atomic mass is 10.2. The highest BCUT2D eigenvalue weighted by Crippen LogP contribution is 2.31. The summed E-state index contributed by atoms with van der Waals surface area (Å²) < 4.78 is 44.9. The predicted molar refractivity (Wildman–Crippen MR) is 106 cm³/mol. The first-order valence-corrected chi connectivity index (χ1v) is 9.45. The minimum atomic E-state index is -4.59. The molecule has 1 amide bonds. The maximum absolute atomic E-state index is 12.8. The molecule has 13 heteroatoms. The van der Waals surface area contributed by atoms with Crippen molar-refractivity contribution in [1.29, 1.82) is 0 Å². The molecule has 0 atom stereocenters. The van der Waals surface area contributed by atoms with E-state index < -0.39 is 24.2 Å². The topological polar surface area (TPSA) is 120 Å². The van der Waals surface area contributed by atoms with E-state index in [4.69, 9.17) is 4.74 Å². The van der Waals surface area contributed by atoms with Crippen LogP contribution in [0.3, 0.4) is 0 Å². The molecule has 0 aromatic carbocycles. The second-order valence-electron chi connectivity index (χ2n) is 7.19. The largest absolute Gasteiger partial charge is 0.465 e. The summed E-state index contributed by atoms with van der Waals surface area (Å²) >= 11 is 0. The van der Waals surface area contributed by atoms with Crippen LogP contribution in [0.4, 0.5) is 30.5 Å². The molecule has 0 radical (unpaired) electrons. The van der Waals surface area contributed by atoms with Crippen molar-refractivity contribution in [1.82, 2.24) is 18.9 Å². The van der Waals surface area contributed by atoms with Crippen LogP contribution in [-0.4, -0.2) is 44.1 Å². The van der Waals surface area contributed by atoms with Crippen LogP contribution in [0.2, 0.25) is 0 Å². The Morgan fingerprint density at radius 2 is 2.00 bits per heavy atom. The van der Waals surface area contributed by atoms with Gasteiger partial charge in [-0.05, 0) is 12.8 Å². The minimum absolute atomic E-state index is 0.0235. The first-order valence-electron chi connectivity index (χ1n) is 9.45. The monoisotopic (exact) mass is 450 g/mol. The number of hydrogen-bond donors (Lipinski definition) is 2. The van der Waals surface area contributed by atoms with E-state index >= 15 is 0 Å². The number of carbonyl (C=O) groups is 2. The van der Waals surface area contributed by atoms with Crippen LogP contribution in [0.15, 0.2) is 35.8 Å². The Morgan fingerprint density at radius 1 is 1.25 bits per heavy atom. The SMILES string of the molecule is COC(=O)c1cnc(NC(=O)C2CC2)cc1Nc1ncn2ccn(CC(F)(F)F)c(=O)c12. The van der Waals surface area contributed by atoms with Crippen LogP contribution < -0.4 is 16.2 Å². The molecule has 1 aliphatic carbocycles. The van der Waals surface area contributed by atoms with Crippen LogP contribution >= 0.6 is 0 Å². The van der Waals surface area contributed by atoms with Crippen molar-refractivity contribution in [3.8, 4) is 0 Å². The second-order valence-corrected chi connectivity index (χ2v) is 7.19. The number of nitrogens with one attached hydrogen (secondary N) is 2. The molecule has 2 N–H and O–H groups in total. The third kappa shape index (κ3) is 4.40. The highest BCUT2D eigenvalue weighted by Gasteiger charge is 2.30. The normalized spacial score (nSPS) is 13.8. The summed E-state index contributed by atoms with van der Waals surface area (Å²) in [7, 11) is 1.16. The van der Waals surface area contributed by atoms with Crippen molar-refractivity contribution < 1.29 is 27.5 Å². The van der Waals surface area contributed by atoms with Gasteiger partial charge in [0, 0.05) is 30.6 Å². The smallest absolute Gasteiger partial charge is 0.406 e. The molecule has 1 saturated carbocycles. The molecule has 4 rings (SSSR count). The molecule has 0 aliphatic heterocycles. The number of rotatable bonds is 6. The van der Waals surface area contributed by atoms with Crippen molar-refractivity contribution in [3.63, 3.8) is 0 Å². The Balaban J connectivity index is 1.73. The fraction of sp³-hybridized carbons (Fsp3) is 0.316. The second kappa shape index (κ2) is 7.98. The lowest BCUT2D eigenvalue weighted by Crippen LogP contribution is -2.28. The van der Waals surface area contributed by atoms with Crippen LogP contribution in [0.1, 0.15) is 23.2 Å². The molecule has 10 nitrogen and oxygen atoms in total. The molecular weight excluding hydrogens is 433 g/mol. The highest BCUT2D eigenvalue weighted by atomic mass is 19.4. The molecule has 168 valence electrons. The maximum atomic E-state index is 12.8. The number of halogens is 3. The van der Waals surface area contributed by atoms with Gasteiger partial charge in [-0.3, -0.25) is 14.0 Å². The van der Waals surface area contributed by atoms with Crippen LogP contribution in [-0.2, 0) is 16.1 Å². The number of ether oxygens (including phenoxy) is 1. The van der Waals surface area contributed by atoms with Gasteiger partial charge >= 0.3 is 12.1 Å². The van der Waals surface area contributed by atoms with E-state index in [1.165, 1.54) is 29.2 Å². The van der Waals surface area contributed by atoms with Gasteiger partial charge in [-0.2, -0.15) is 13.2 Å². The summed E-state index contributed by atoms with van der Waals surface area (Å²) in [6.45, 7) is -1.47. The minimum Gasteiger partial charge on any atom is -0.465 e.